The minimum atomic E-state index is -1.27. The summed E-state index contributed by atoms with van der Waals surface area (Å²) >= 11 is -1.27. The fraction of sp³-hybridized carbons (Fsp3) is 0.400. The Morgan fingerprint density at radius 3 is 2.77 bits per heavy atom. The van der Waals surface area contributed by atoms with Crippen LogP contribution in [0.25, 0.3) is 11.0 Å². The SMILES string of the molecule is CCCCCOc1ccnc(C[S+]([O-])c2nc3ccccc3n2C)c1C. The number of hydrogen-bond acceptors (Lipinski definition) is 4. The summed E-state index contributed by atoms with van der Waals surface area (Å²) < 4.78 is 20.7. The predicted molar refractivity (Wildman–Crippen MR) is 105 cm³/mol. The van der Waals surface area contributed by atoms with Gasteiger partial charge in [0.25, 0.3) is 0 Å². The van der Waals surface area contributed by atoms with Crippen LogP contribution in [0.1, 0.15) is 37.4 Å². The molecule has 0 N–H and O–H groups in total. The molecule has 138 valence electrons. The molecule has 0 bridgehead atoms. The van der Waals surface area contributed by atoms with Gasteiger partial charge in [-0.3, -0.25) is 9.55 Å². The minimum Gasteiger partial charge on any atom is -0.609 e. The Balaban J connectivity index is 1.76. The zero-order chi connectivity index (χ0) is 18.5. The van der Waals surface area contributed by atoms with E-state index in [2.05, 4.69) is 16.9 Å². The molecule has 0 aliphatic carbocycles. The molecule has 0 fully saturated rings. The first-order chi connectivity index (χ1) is 12.6. The average Bonchev–Trinajstić information content (AvgIpc) is 2.99. The highest BCUT2D eigenvalue weighted by atomic mass is 32.2. The number of para-hydroxylation sites is 2. The van der Waals surface area contributed by atoms with Gasteiger partial charge in [-0.2, -0.15) is 4.98 Å². The first-order valence-electron chi connectivity index (χ1n) is 8.99. The third-order valence-electron chi connectivity index (χ3n) is 4.48. The van der Waals surface area contributed by atoms with Gasteiger partial charge in [-0.1, -0.05) is 31.9 Å². The molecule has 0 aliphatic heterocycles. The Morgan fingerprint density at radius 2 is 2.00 bits per heavy atom. The van der Waals surface area contributed by atoms with Gasteiger partial charge in [0.1, 0.15) is 5.75 Å². The minimum absolute atomic E-state index is 0.329. The number of pyridine rings is 1. The molecule has 3 aromatic rings. The average molecular weight is 372 g/mol. The number of unbranched alkanes of at least 4 members (excludes halogenated alkanes) is 2. The van der Waals surface area contributed by atoms with Crippen molar-refractivity contribution in [2.24, 2.45) is 7.05 Å². The molecular formula is C20H25N3O2S. The van der Waals surface area contributed by atoms with E-state index >= 15 is 0 Å². The van der Waals surface area contributed by atoms with Crippen molar-refractivity contribution in [2.75, 3.05) is 6.61 Å². The molecule has 1 atom stereocenters. The molecule has 26 heavy (non-hydrogen) atoms. The van der Waals surface area contributed by atoms with E-state index in [1.165, 1.54) is 6.42 Å². The molecule has 1 unspecified atom stereocenters. The Hall–Kier alpha value is -2.05. The van der Waals surface area contributed by atoms with Crippen molar-refractivity contribution >= 4 is 22.2 Å². The van der Waals surface area contributed by atoms with Crippen molar-refractivity contribution in [2.45, 2.75) is 44.0 Å². The van der Waals surface area contributed by atoms with Gasteiger partial charge >= 0.3 is 5.16 Å². The third-order valence-corrected chi connectivity index (χ3v) is 5.79. The van der Waals surface area contributed by atoms with Crippen molar-refractivity contribution < 1.29 is 9.29 Å². The van der Waals surface area contributed by atoms with Crippen LogP contribution in [0.15, 0.2) is 41.7 Å². The summed E-state index contributed by atoms with van der Waals surface area (Å²) in [5.74, 6) is 1.16. The zero-order valence-electron chi connectivity index (χ0n) is 15.6. The van der Waals surface area contributed by atoms with E-state index in [0.717, 1.165) is 40.9 Å². The topological polar surface area (TPSA) is 63.0 Å². The molecule has 0 aliphatic rings. The van der Waals surface area contributed by atoms with Gasteiger partial charge in [-0.25, -0.2) is 0 Å². The summed E-state index contributed by atoms with van der Waals surface area (Å²) in [6, 6.07) is 9.69. The fourth-order valence-corrected chi connectivity index (χ4v) is 4.18. The maximum Gasteiger partial charge on any atom is 0.324 e. The molecule has 3 rings (SSSR count). The van der Waals surface area contributed by atoms with Crippen LogP contribution in [-0.4, -0.2) is 25.7 Å². The lowest BCUT2D eigenvalue weighted by molar-refractivity contribution is 0.303. The normalized spacial score (nSPS) is 12.5. The van der Waals surface area contributed by atoms with Crippen LogP contribution in [0.4, 0.5) is 0 Å². The number of hydrogen-bond donors (Lipinski definition) is 0. The molecule has 0 saturated heterocycles. The fourth-order valence-electron chi connectivity index (χ4n) is 2.91. The van der Waals surface area contributed by atoms with Crippen LogP contribution >= 0.6 is 0 Å². The lowest BCUT2D eigenvalue weighted by Gasteiger charge is -2.13. The predicted octanol–water partition coefficient (Wildman–Crippen LogP) is 4.15. The quantitative estimate of drug-likeness (QED) is 0.441. The van der Waals surface area contributed by atoms with Crippen LogP contribution in [0, 0.1) is 6.92 Å². The van der Waals surface area contributed by atoms with Gasteiger partial charge in [0.2, 0.25) is 0 Å². The van der Waals surface area contributed by atoms with Gasteiger partial charge in [-0.15, -0.1) is 0 Å². The second kappa shape index (κ2) is 8.56. The van der Waals surface area contributed by atoms with E-state index in [-0.39, 0.29) is 0 Å². The Bertz CT molecular complexity index is 879. The molecule has 0 saturated carbocycles. The van der Waals surface area contributed by atoms with Crippen LogP contribution in [-0.2, 0) is 24.0 Å². The third kappa shape index (κ3) is 4.02. The monoisotopic (exact) mass is 371 g/mol. The van der Waals surface area contributed by atoms with Crippen LogP contribution in [0.3, 0.4) is 0 Å². The van der Waals surface area contributed by atoms with Gasteiger partial charge in [0, 0.05) is 30.0 Å². The first-order valence-corrected chi connectivity index (χ1v) is 10.3. The molecule has 0 radical (unpaired) electrons. The van der Waals surface area contributed by atoms with E-state index in [1.807, 2.05) is 48.9 Å². The first kappa shape index (κ1) is 18.7. The number of nitrogens with zero attached hydrogens (tertiary/aromatic N) is 3. The summed E-state index contributed by atoms with van der Waals surface area (Å²) in [6.07, 6.45) is 5.09. The largest absolute Gasteiger partial charge is 0.609 e. The van der Waals surface area contributed by atoms with E-state index in [4.69, 9.17) is 4.74 Å². The maximum atomic E-state index is 12.9. The Morgan fingerprint density at radius 1 is 1.19 bits per heavy atom. The molecule has 2 heterocycles. The number of aryl methyl sites for hydroxylation is 1. The summed E-state index contributed by atoms with van der Waals surface area (Å²) in [4.78, 5) is 8.96. The van der Waals surface area contributed by atoms with Crippen molar-refractivity contribution in [1.29, 1.82) is 0 Å². The number of benzene rings is 1. The molecule has 6 heteroatoms. The van der Waals surface area contributed by atoms with E-state index in [9.17, 15) is 4.55 Å². The Kier molecular flexibility index (Phi) is 6.16. The van der Waals surface area contributed by atoms with E-state index in [1.54, 1.807) is 6.20 Å². The molecule has 0 amide bonds. The van der Waals surface area contributed by atoms with Crippen molar-refractivity contribution in [3.8, 4) is 5.75 Å². The summed E-state index contributed by atoms with van der Waals surface area (Å²) in [5.41, 5.74) is 3.59. The molecule has 1 aromatic carbocycles. The number of fused-ring (bicyclic) bond motifs is 1. The highest BCUT2D eigenvalue weighted by Gasteiger charge is 2.22. The lowest BCUT2D eigenvalue weighted by atomic mass is 10.2. The van der Waals surface area contributed by atoms with Gasteiger partial charge in [-0.05, 0) is 31.5 Å². The maximum absolute atomic E-state index is 12.9. The van der Waals surface area contributed by atoms with Crippen LogP contribution < -0.4 is 4.74 Å². The standard InChI is InChI=1S/C20H25N3O2S/c1-4-5-8-13-25-19-11-12-21-17(15(19)2)14-26(24)20-22-16-9-6-7-10-18(16)23(20)3/h6-7,9-12H,4-5,8,13-14H2,1-3H3. The van der Waals surface area contributed by atoms with Crippen molar-refractivity contribution in [1.82, 2.24) is 14.5 Å². The van der Waals surface area contributed by atoms with Crippen LogP contribution in [0.2, 0.25) is 0 Å². The highest BCUT2D eigenvalue weighted by Crippen LogP contribution is 2.25. The molecule has 2 aromatic heterocycles. The van der Waals surface area contributed by atoms with Crippen molar-refractivity contribution in [3.05, 3.63) is 47.8 Å². The van der Waals surface area contributed by atoms with Crippen molar-refractivity contribution in [3.63, 3.8) is 0 Å². The van der Waals surface area contributed by atoms with E-state index in [0.29, 0.717) is 17.5 Å². The summed E-state index contributed by atoms with van der Waals surface area (Å²) in [7, 11) is 1.90. The number of ether oxygens (including phenoxy) is 1. The highest BCUT2D eigenvalue weighted by molar-refractivity contribution is 7.90. The second-order valence-electron chi connectivity index (χ2n) is 6.37. The van der Waals surface area contributed by atoms with E-state index < -0.39 is 11.2 Å². The van der Waals surface area contributed by atoms with Gasteiger partial charge in [0.15, 0.2) is 5.75 Å². The van der Waals surface area contributed by atoms with Gasteiger partial charge in [0.05, 0.1) is 23.3 Å². The Labute approximate surface area is 157 Å². The van der Waals surface area contributed by atoms with Crippen LogP contribution in [0.5, 0.6) is 5.75 Å². The smallest absolute Gasteiger partial charge is 0.324 e. The molecule has 0 spiro atoms. The number of aromatic nitrogens is 3. The molecule has 5 nitrogen and oxygen atoms in total. The molecular weight excluding hydrogens is 346 g/mol. The zero-order valence-corrected chi connectivity index (χ0v) is 16.4. The second-order valence-corrected chi connectivity index (χ2v) is 7.71. The van der Waals surface area contributed by atoms with Gasteiger partial charge < -0.3 is 9.29 Å². The number of imidazole rings is 1. The number of rotatable bonds is 8. The summed E-state index contributed by atoms with van der Waals surface area (Å²) in [5, 5.41) is 0.571. The summed E-state index contributed by atoms with van der Waals surface area (Å²) in [6.45, 7) is 4.85. The lowest BCUT2D eigenvalue weighted by Crippen LogP contribution is -2.13.